The van der Waals surface area contributed by atoms with Crippen molar-refractivity contribution in [2.75, 3.05) is 0 Å². The van der Waals surface area contributed by atoms with Gasteiger partial charge in [-0.2, -0.15) is 0 Å². The minimum atomic E-state index is 0.636. The molecule has 67 heavy (non-hydrogen) atoms. The Labute approximate surface area is 387 Å². The first-order valence-electron chi connectivity index (χ1n) is 22.8. The van der Waals surface area contributed by atoms with E-state index >= 15 is 0 Å². The Morgan fingerprint density at radius 1 is 0.239 bits per heavy atom. The third kappa shape index (κ3) is 6.65. The van der Waals surface area contributed by atoms with Crippen LogP contribution in [0.5, 0.6) is 0 Å². The van der Waals surface area contributed by atoms with E-state index in [1.165, 1.54) is 76.4 Å². The normalized spacial score (nSPS) is 11.6. The number of fused-ring (bicyclic) bond motifs is 9. The number of nitrogens with zero attached hydrogens (tertiary/aromatic N) is 4. The van der Waals surface area contributed by atoms with Gasteiger partial charge in [-0.05, 0) is 102 Å². The van der Waals surface area contributed by atoms with Crippen LogP contribution in [0.4, 0.5) is 0 Å². The van der Waals surface area contributed by atoms with Crippen LogP contribution in [0.2, 0.25) is 0 Å². The lowest BCUT2D eigenvalue weighted by atomic mass is 9.88. The van der Waals surface area contributed by atoms with Crippen LogP contribution in [0, 0.1) is 0 Å². The highest BCUT2D eigenvalue weighted by molar-refractivity contribution is 6.29. The number of aromatic nitrogens is 4. The van der Waals surface area contributed by atoms with Gasteiger partial charge in [0.25, 0.3) is 0 Å². The van der Waals surface area contributed by atoms with E-state index in [0.717, 1.165) is 33.5 Å². The number of rotatable bonds is 7. The molecule has 0 aliphatic heterocycles. The van der Waals surface area contributed by atoms with Crippen molar-refractivity contribution in [2.24, 2.45) is 0 Å². The first-order valence-corrected chi connectivity index (χ1v) is 22.8. The molecule has 2 aromatic heterocycles. The Morgan fingerprint density at radius 2 is 0.687 bits per heavy atom. The average Bonchev–Trinajstić information content (AvgIpc) is 3.75. The van der Waals surface area contributed by atoms with Crippen molar-refractivity contribution in [3.05, 3.63) is 243 Å². The monoisotopic (exact) mass is 852 g/mol. The molecule has 0 amide bonds. The second kappa shape index (κ2) is 15.9. The Bertz CT molecular complexity index is 3950. The van der Waals surface area contributed by atoms with Gasteiger partial charge in [0.15, 0.2) is 17.5 Å². The Kier molecular flexibility index (Phi) is 9.14. The molecule has 0 saturated heterocycles. The fourth-order valence-electron chi connectivity index (χ4n) is 10.1. The van der Waals surface area contributed by atoms with Gasteiger partial charge in [0, 0.05) is 33.2 Å². The number of hydrogen-bond acceptors (Lipinski definition) is 3. The minimum absolute atomic E-state index is 0.636. The Hall–Kier alpha value is -8.99. The third-order valence-electron chi connectivity index (χ3n) is 13.2. The van der Waals surface area contributed by atoms with E-state index in [4.69, 9.17) is 15.0 Å². The molecule has 0 fully saturated rings. The van der Waals surface area contributed by atoms with Crippen molar-refractivity contribution in [3.63, 3.8) is 0 Å². The fourth-order valence-corrected chi connectivity index (χ4v) is 10.1. The van der Waals surface area contributed by atoms with Gasteiger partial charge in [-0.15, -0.1) is 0 Å². The summed E-state index contributed by atoms with van der Waals surface area (Å²) in [5.41, 5.74) is 13.4. The minimum Gasteiger partial charge on any atom is -0.309 e. The maximum atomic E-state index is 5.04. The molecule has 13 aromatic rings. The van der Waals surface area contributed by atoms with E-state index in [9.17, 15) is 0 Å². The first kappa shape index (κ1) is 38.5. The van der Waals surface area contributed by atoms with Gasteiger partial charge in [-0.25, -0.2) is 15.0 Å². The molecular formula is C63H40N4. The molecule has 2 heterocycles. The lowest BCUT2D eigenvalue weighted by molar-refractivity contribution is 1.07. The Balaban J connectivity index is 0.961. The molecule has 0 N–H and O–H groups in total. The van der Waals surface area contributed by atoms with Crippen molar-refractivity contribution in [3.8, 4) is 73.2 Å². The van der Waals surface area contributed by atoms with E-state index in [-0.39, 0.29) is 0 Å². The van der Waals surface area contributed by atoms with Gasteiger partial charge in [-0.3, -0.25) is 0 Å². The molecule has 4 heteroatoms. The second-order valence-corrected chi connectivity index (χ2v) is 17.2. The fraction of sp³-hybridized carbons (Fsp3) is 0. The lowest BCUT2D eigenvalue weighted by Crippen LogP contribution is -2.00. The predicted molar refractivity (Wildman–Crippen MR) is 279 cm³/mol. The number of hydrogen-bond donors (Lipinski definition) is 0. The highest BCUT2D eigenvalue weighted by Crippen LogP contribution is 2.43. The summed E-state index contributed by atoms with van der Waals surface area (Å²) in [4.78, 5) is 15.0. The van der Waals surface area contributed by atoms with Crippen LogP contribution in [0.3, 0.4) is 0 Å². The van der Waals surface area contributed by atoms with Gasteiger partial charge >= 0.3 is 0 Å². The van der Waals surface area contributed by atoms with E-state index in [2.05, 4.69) is 187 Å². The summed E-state index contributed by atoms with van der Waals surface area (Å²) in [5.74, 6) is 1.93. The molecule has 312 valence electrons. The molecular weight excluding hydrogens is 813 g/mol. The van der Waals surface area contributed by atoms with Crippen molar-refractivity contribution in [2.45, 2.75) is 0 Å². The van der Waals surface area contributed by atoms with Crippen molar-refractivity contribution in [1.82, 2.24) is 19.5 Å². The lowest BCUT2D eigenvalue weighted by Gasteiger charge is -2.16. The second-order valence-electron chi connectivity index (χ2n) is 17.2. The van der Waals surface area contributed by atoms with Crippen molar-refractivity contribution in [1.29, 1.82) is 0 Å². The zero-order valence-electron chi connectivity index (χ0n) is 36.4. The molecule has 0 aliphatic carbocycles. The van der Waals surface area contributed by atoms with E-state index in [1.54, 1.807) is 0 Å². The van der Waals surface area contributed by atoms with Crippen LogP contribution in [0.15, 0.2) is 243 Å². The summed E-state index contributed by atoms with van der Waals surface area (Å²) < 4.78 is 2.42. The summed E-state index contributed by atoms with van der Waals surface area (Å²) in [7, 11) is 0. The molecule has 0 spiro atoms. The summed E-state index contributed by atoms with van der Waals surface area (Å²) in [6.45, 7) is 0. The van der Waals surface area contributed by atoms with Crippen molar-refractivity contribution < 1.29 is 0 Å². The largest absolute Gasteiger partial charge is 0.309 e. The molecule has 0 aliphatic rings. The highest BCUT2D eigenvalue weighted by atomic mass is 15.0. The van der Waals surface area contributed by atoms with Gasteiger partial charge in [0.2, 0.25) is 0 Å². The van der Waals surface area contributed by atoms with E-state index in [1.807, 2.05) is 60.7 Å². The third-order valence-corrected chi connectivity index (χ3v) is 13.2. The van der Waals surface area contributed by atoms with Crippen LogP contribution in [0.25, 0.3) is 127 Å². The number of benzene rings is 11. The topological polar surface area (TPSA) is 43.6 Å². The molecule has 0 radical (unpaired) electrons. The standard InChI is InChI=1S/C63H40N4/c1-4-16-41(17-5-1)42-30-34-49(35-31-42)67-58-29-13-12-26-53(58)54-36-33-47(40-59(54)67)50-27-15-28-55-51-24-10-11-25-52(51)57-39-46(32-37-56(57)60(50)55)45-22-14-23-48(38-45)63-65-61(43-18-6-2-7-19-43)64-62(66-63)44-20-8-3-9-21-44/h1-40H. The maximum absolute atomic E-state index is 5.04. The summed E-state index contributed by atoms with van der Waals surface area (Å²) in [6.07, 6.45) is 0. The smallest absolute Gasteiger partial charge is 0.164 e. The van der Waals surface area contributed by atoms with Crippen molar-refractivity contribution >= 4 is 54.1 Å². The quantitative estimate of drug-likeness (QED) is 0.150. The molecule has 0 unspecified atom stereocenters. The van der Waals surface area contributed by atoms with E-state index in [0.29, 0.717) is 17.5 Å². The summed E-state index contributed by atoms with van der Waals surface area (Å²) in [5, 5.41) is 9.86. The Morgan fingerprint density at radius 3 is 1.39 bits per heavy atom. The highest BCUT2D eigenvalue weighted by Gasteiger charge is 2.18. The van der Waals surface area contributed by atoms with Crippen LogP contribution in [-0.2, 0) is 0 Å². The van der Waals surface area contributed by atoms with Gasteiger partial charge in [0.1, 0.15) is 0 Å². The molecule has 4 nitrogen and oxygen atoms in total. The maximum Gasteiger partial charge on any atom is 0.164 e. The molecule has 0 bridgehead atoms. The predicted octanol–water partition coefficient (Wildman–Crippen LogP) is 16.4. The molecule has 11 aromatic carbocycles. The zero-order valence-corrected chi connectivity index (χ0v) is 36.4. The van der Waals surface area contributed by atoms with Crippen LogP contribution < -0.4 is 0 Å². The number of para-hydroxylation sites is 1. The summed E-state index contributed by atoms with van der Waals surface area (Å²) in [6, 6.07) is 86.8. The van der Waals surface area contributed by atoms with Gasteiger partial charge in [0.05, 0.1) is 11.0 Å². The SMILES string of the molecule is c1ccc(-c2ccc(-n3c4ccccc4c4ccc(-c5cccc6c7ccccc7c7cc(-c8cccc(-c9nc(-c%10ccccc%10)nc(-c%10ccccc%10)n9)c8)ccc7c56)cc43)cc2)cc1. The summed E-state index contributed by atoms with van der Waals surface area (Å²) >= 11 is 0. The molecule has 13 rings (SSSR count). The van der Waals surface area contributed by atoms with Crippen LogP contribution in [-0.4, -0.2) is 19.5 Å². The van der Waals surface area contributed by atoms with E-state index < -0.39 is 0 Å². The molecule has 0 saturated carbocycles. The van der Waals surface area contributed by atoms with Gasteiger partial charge < -0.3 is 4.57 Å². The first-order chi connectivity index (χ1) is 33.2. The van der Waals surface area contributed by atoms with Gasteiger partial charge in [-0.1, -0.05) is 206 Å². The molecule has 0 atom stereocenters. The van der Waals surface area contributed by atoms with Crippen LogP contribution in [0.1, 0.15) is 0 Å². The zero-order chi connectivity index (χ0) is 44.3. The average molecular weight is 853 g/mol. The van der Waals surface area contributed by atoms with Crippen LogP contribution >= 0.6 is 0 Å².